The van der Waals surface area contributed by atoms with E-state index in [0.717, 1.165) is 0 Å². The van der Waals surface area contributed by atoms with Crippen molar-refractivity contribution in [2.75, 3.05) is 25.2 Å². The number of benzene rings is 1. The highest BCUT2D eigenvalue weighted by molar-refractivity contribution is 6.30. The fourth-order valence-corrected chi connectivity index (χ4v) is 2.16. The predicted molar refractivity (Wildman–Crippen MR) is 100 cm³/mol. The normalized spacial score (nSPS) is 12.5. The number of aromatic nitrogens is 2. The maximum atomic E-state index is 10.1. The molecule has 9 heteroatoms. The summed E-state index contributed by atoms with van der Waals surface area (Å²) in [6, 6.07) is 10.4. The van der Waals surface area contributed by atoms with Crippen LogP contribution in [0, 0.1) is 0 Å². The van der Waals surface area contributed by atoms with Gasteiger partial charge in [0, 0.05) is 23.2 Å². The van der Waals surface area contributed by atoms with Crippen LogP contribution in [0.2, 0.25) is 5.02 Å². The Balaban J connectivity index is 1.71. The minimum absolute atomic E-state index is 0.156. The van der Waals surface area contributed by atoms with Crippen molar-refractivity contribution < 1.29 is 14.6 Å². The summed E-state index contributed by atoms with van der Waals surface area (Å²) < 4.78 is 11.1. The van der Waals surface area contributed by atoms with Crippen molar-refractivity contribution in [3.8, 4) is 11.6 Å². The number of ether oxygens (including phenoxy) is 2. The second kappa shape index (κ2) is 9.54. The molecule has 2 aromatic rings. The van der Waals surface area contributed by atoms with Crippen molar-refractivity contribution in [1.82, 2.24) is 15.5 Å². The van der Waals surface area contributed by atoms with Crippen LogP contribution in [0.1, 0.15) is 13.8 Å². The van der Waals surface area contributed by atoms with E-state index in [1.165, 1.54) is 0 Å². The fraction of sp³-hybridized carbons (Fsp3) is 0.412. The second-order valence-corrected chi connectivity index (χ2v) is 6.81. The SMILES string of the molecule is CC(C)(COc1ccc(NN)nn1)NCC(O)COc1cccc(Cl)c1. The van der Waals surface area contributed by atoms with E-state index in [1.54, 1.807) is 36.4 Å². The van der Waals surface area contributed by atoms with Crippen molar-refractivity contribution in [3.63, 3.8) is 0 Å². The number of aliphatic hydroxyl groups is 1. The molecule has 0 radical (unpaired) electrons. The lowest BCUT2D eigenvalue weighted by atomic mass is 10.1. The van der Waals surface area contributed by atoms with Crippen LogP contribution in [0.5, 0.6) is 11.6 Å². The molecule has 1 heterocycles. The summed E-state index contributed by atoms with van der Waals surface area (Å²) >= 11 is 5.90. The van der Waals surface area contributed by atoms with Gasteiger partial charge in [-0.1, -0.05) is 17.7 Å². The van der Waals surface area contributed by atoms with E-state index in [2.05, 4.69) is 20.9 Å². The van der Waals surface area contributed by atoms with E-state index in [4.69, 9.17) is 26.9 Å². The maximum absolute atomic E-state index is 10.1. The zero-order valence-corrected chi connectivity index (χ0v) is 15.5. The van der Waals surface area contributed by atoms with Gasteiger partial charge in [0.15, 0.2) is 5.82 Å². The van der Waals surface area contributed by atoms with E-state index < -0.39 is 6.10 Å². The summed E-state index contributed by atoms with van der Waals surface area (Å²) in [4.78, 5) is 0. The molecule has 1 atom stereocenters. The van der Waals surface area contributed by atoms with Gasteiger partial charge in [-0.2, -0.15) is 0 Å². The topological polar surface area (TPSA) is 115 Å². The number of hydrogen-bond donors (Lipinski definition) is 4. The van der Waals surface area contributed by atoms with Gasteiger partial charge in [0.1, 0.15) is 25.1 Å². The lowest BCUT2D eigenvalue weighted by Gasteiger charge is -2.27. The second-order valence-electron chi connectivity index (χ2n) is 6.38. The molecule has 1 aromatic carbocycles. The van der Waals surface area contributed by atoms with E-state index in [0.29, 0.717) is 35.6 Å². The molecule has 142 valence electrons. The summed E-state index contributed by atoms with van der Waals surface area (Å²) in [6.07, 6.45) is -0.678. The summed E-state index contributed by atoms with van der Waals surface area (Å²) in [5, 5.41) is 21.6. The van der Waals surface area contributed by atoms with E-state index >= 15 is 0 Å². The number of aliphatic hydroxyl groups excluding tert-OH is 1. The van der Waals surface area contributed by atoms with Gasteiger partial charge in [0.25, 0.3) is 0 Å². The van der Waals surface area contributed by atoms with Crippen molar-refractivity contribution in [1.29, 1.82) is 0 Å². The predicted octanol–water partition coefficient (Wildman–Crippen LogP) is 1.60. The quantitative estimate of drug-likeness (QED) is 0.362. The molecule has 5 N–H and O–H groups in total. The molecule has 0 aliphatic carbocycles. The molecule has 1 aromatic heterocycles. The number of β-amino-alcohol motifs (C(OH)–C–C–N with tert-alkyl or cyclic N) is 1. The third-order valence-electron chi connectivity index (χ3n) is 3.42. The van der Waals surface area contributed by atoms with Gasteiger partial charge >= 0.3 is 0 Å². The van der Waals surface area contributed by atoms with E-state index in [9.17, 15) is 5.11 Å². The van der Waals surface area contributed by atoms with Crippen LogP contribution in [0.25, 0.3) is 0 Å². The zero-order chi connectivity index (χ0) is 19.0. The molecular weight excluding hydrogens is 358 g/mol. The first-order chi connectivity index (χ1) is 12.4. The van der Waals surface area contributed by atoms with Crippen LogP contribution in [0.15, 0.2) is 36.4 Å². The van der Waals surface area contributed by atoms with Crippen molar-refractivity contribution in [2.24, 2.45) is 5.84 Å². The number of hydrazine groups is 1. The number of hydrogen-bond acceptors (Lipinski definition) is 8. The average Bonchev–Trinajstić information content (AvgIpc) is 2.64. The Morgan fingerprint density at radius 3 is 2.69 bits per heavy atom. The number of anilines is 1. The summed E-state index contributed by atoms with van der Waals surface area (Å²) in [7, 11) is 0. The van der Waals surface area contributed by atoms with Crippen molar-refractivity contribution >= 4 is 17.4 Å². The summed E-state index contributed by atoms with van der Waals surface area (Å²) in [6.45, 7) is 4.77. The van der Waals surface area contributed by atoms with Crippen LogP contribution in [0.3, 0.4) is 0 Å². The highest BCUT2D eigenvalue weighted by Crippen LogP contribution is 2.17. The van der Waals surface area contributed by atoms with Gasteiger partial charge < -0.3 is 25.3 Å². The number of rotatable bonds is 10. The first-order valence-electron chi connectivity index (χ1n) is 8.12. The lowest BCUT2D eigenvalue weighted by molar-refractivity contribution is 0.0923. The molecule has 1 unspecified atom stereocenters. The minimum atomic E-state index is -0.678. The Kier molecular flexibility index (Phi) is 7.40. The Bertz CT molecular complexity index is 684. The molecule has 0 aliphatic rings. The van der Waals surface area contributed by atoms with Gasteiger partial charge in [-0.25, -0.2) is 5.84 Å². The molecule has 0 bridgehead atoms. The standard InChI is InChI=1S/C17H24ClN5O3/c1-17(2,11-26-16-7-6-15(21-19)22-23-16)20-9-13(24)10-25-14-5-3-4-12(18)8-14/h3-8,13,20,24H,9-11,19H2,1-2H3,(H,21,22). The molecule has 26 heavy (non-hydrogen) atoms. The molecule has 0 amide bonds. The molecule has 0 saturated carbocycles. The third-order valence-corrected chi connectivity index (χ3v) is 3.66. The molecule has 0 spiro atoms. The first kappa shape index (κ1) is 20.2. The first-order valence-corrected chi connectivity index (χ1v) is 8.50. The van der Waals surface area contributed by atoms with Crippen LogP contribution >= 0.6 is 11.6 Å². The van der Waals surface area contributed by atoms with Crippen LogP contribution in [-0.2, 0) is 0 Å². The number of nitrogens with one attached hydrogen (secondary N) is 2. The van der Waals surface area contributed by atoms with E-state index in [1.807, 2.05) is 13.8 Å². The minimum Gasteiger partial charge on any atom is -0.491 e. The molecule has 0 aliphatic heterocycles. The zero-order valence-electron chi connectivity index (χ0n) is 14.8. The molecule has 0 fully saturated rings. The summed E-state index contributed by atoms with van der Waals surface area (Å²) in [5.74, 6) is 6.70. The Labute approximate surface area is 157 Å². The highest BCUT2D eigenvalue weighted by Gasteiger charge is 2.20. The highest BCUT2D eigenvalue weighted by atomic mass is 35.5. The van der Waals surface area contributed by atoms with Gasteiger partial charge in [-0.15, -0.1) is 10.2 Å². The number of halogens is 1. The average molecular weight is 382 g/mol. The van der Waals surface area contributed by atoms with Crippen LogP contribution in [0.4, 0.5) is 5.82 Å². The maximum Gasteiger partial charge on any atom is 0.233 e. The van der Waals surface area contributed by atoms with Gasteiger partial charge in [0.05, 0.1) is 0 Å². The van der Waals surface area contributed by atoms with Crippen LogP contribution in [-0.4, -0.2) is 46.7 Å². The molecule has 0 saturated heterocycles. The number of nitrogen functional groups attached to an aromatic ring is 1. The largest absolute Gasteiger partial charge is 0.491 e. The third kappa shape index (κ3) is 7.01. The molecular formula is C17H24ClN5O3. The number of nitrogens with zero attached hydrogens (tertiary/aromatic N) is 2. The number of nitrogens with two attached hydrogens (primary N) is 1. The monoisotopic (exact) mass is 381 g/mol. The lowest BCUT2D eigenvalue weighted by Crippen LogP contribution is -2.48. The molecule has 2 rings (SSSR count). The van der Waals surface area contributed by atoms with Gasteiger partial charge in [-0.3, -0.25) is 0 Å². The Hall–Kier alpha value is -2.13. The van der Waals surface area contributed by atoms with Gasteiger partial charge in [0.2, 0.25) is 5.88 Å². The molecule has 8 nitrogen and oxygen atoms in total. The smallest absolute Gasteiger partial charge is 0.233 e. The van der Waals surface area contributed by atoms with Gasteiger partial charge in [-0.05, 0) is 38.1 Å². The Morgan fingerprint density at radius 1 is 1.23 bits per heavy atom. The summed E-state index contributed by atoms with van der Waals surface area (Å²) in [5.41, 5.74) is 2.01. The fourth-order valence-electron chi connectivity index (χ4n) is 1.98. The van der Waals surface area contributed by atoms with Crippen molar-refractivity contribution in [2.45, 2.75) is 25.5 Å². The van der Waals surface area contributed by atoms with Crippen LogP contribution < -0.4 is 26.1 Å². The van der Waals surface area contributed by atoms with Crippen molar-refractivity contribution in [3.05, 3.63) is 41.4 Å². The Morgan fingerprint density at radius 2 is 2.04 bits per heavy atom. The van der Waals surface area contributed by atoms with E-state index in [-0.39, 0.29) is 12.1 Å².